The number of carbonyl (C=O) groups is 1. The quantitative estimate of drug-likeness (QED) is 0.940. The Labute approximate surface area is 121 Å². The van der Waals surface area contributed by atoms with Gasteiger partial charge in [0.25, 0.3) is 0 Å². The molecule has 0 spiro atoms. The zero-order valence-corrected chi connectivity index (χ0v) is 12.2. The second-order valence-corrected chi connectivity index (χ2v) is 5.29. The van der Waals surface area contributed by atoms with E-state index >= 15 is 0 Å². The van der Waals surface area contributed by atoms with Gasteiger partial charge in [0.2, 0.25) is 5.91 Å². The first-order chi connectivity index (χ1) is 9.15. The lowest BCUT2D eigenvalue weighted by atomic mass is 10.1. The molecule has 0 aliphatic rings. The molecule has 19 heavy (non-hydrogen) atoms. The molecule has 1 aromatic heterocycles. The lowest BCUT2D eigenvalue weighted by Crippen LogP contribution is -2.28. The second kappa shape index (κ2) is 6.48. The summed E-state index contributed by atoms with van der Waals surface area (Å²) in [6, 6.07) is 11.6. The molecule has 1 atom stereocenters. The van der Waals surface area contributed by atoms with Gasteiger partial charge in [-0.3, -0.25) is 9.78 Å². The van der Waals surface area contributed by atoms with Crippen molar-refractivity contribution in [3.05, 3.63) is 64.4 Å². The van der Waals surface area contributed by atoms with Gasteiger partial charge in [-0.25, -0.2) is 0 Å². The van der Waals surface area contributed by atoms with Crippen molar-refractivity contribution in [3.8, 4) is 0 Å². The van der Waals surface area contributed by atoms with Crippen LogP contribution in [-0.4, -0.2) is 10.9 Å². The van der Waals surface area contributed by atoms with E-state index in [-0.39, 0.29) is 11.9 Å². The Morgan fingerprint density at radius 1 is 1.32 bits per heavy atom. The van der Waals surface area contributed by atoms with Crippen LogP contribution < -0.4 is 5.32 Å². The van der Waals surface area contributed by atoms with Crippen LogP contribution in [0.3, 0.4) is 0 Å². The number of benzene rings is 1. The number of nitrogens with zero attached hydrogens (tertiary/aromatic N) is 1. The molecule has 0 saturated carbocycles. The molecular formula is C15H15BrN2O. The molecule has 1 amide bonds. The van der Waals surface area contributed by atoms with Crippen LogP contribution in [0.4, 0.5) is 0 Å². The summed E-state index contributed by atoms with van der Waals surface area (Å²) in [5, 5.41) is 2.97. The van der Waals surface area contributed by atoms with Crippen LogP contribution in [0.15, 0.2) is 53.3 Å². The van der Waals surface area contributed by atoms with Gasteiger partial charge in [-0.2, -0.15) is 0 Å². The molecule has 0 fully saturated rings. The van der Waals surface area contributed by atoms with E-state index in [2.05, 4.69) is 26.2 Å². The van der Waals surface area contributed by atoms with Crippen LogP contribution in [0.2, 0.25) is 0 Å². The Bertz CT molecular complexity index is 540. The second-order valence-electron chi connectivity index (χ2n) is 4.38. The molecule has 0 saturated heterocycles. The van der Waals surface area contributed by atoms with Gasteiger partial charge in [-0.05, 0) is 36.2 Å². The van der Waals surface area contributed by atoms with Crippen molar-refractivity contribution in [1.82, 2.24) is 10.3 Å². The number of amides is 1. The van der Waals surface area contributed by atoms with E-state index in [4.69, 9.17) is 0 Å². The van der Waals surface area contributed by atoms with E-state index in [1.165, 1.54) is 0 Å². The van der Waals surface area contributed by atoms with E-state index in [1.807, 2.05) is 43.3 Å². The lowest BCUT2D eigenvalue weighted by molar-refractivity contribution is -0.121. The maximum Gasteiger partial charge on any atom is 0.224 e. The van der Waals surface area contributed by atoms with Crippen molar-refractivity contribution >= 4 is 21.8 Å². The molecule has 4 heteroatoms. The van der Waals surface area contributed by atoms with Gasteiger partial charge in [-0.1, -0.05) is 34.1 Å². The molecule has 3 nitrogen and oxygen atoms in total. The Kier molecular flexibility index (Phi) is 4.68. The van der Waals surface area contributed by atoms with Crippen LogP contribution in [0.25, 0.3) is 0 Å². The molecule has 0 radical (unpaired) electrons. The van der Waals surface area contributed by atoms with Crippen molar-refractivity contribution in [1.29, 1.82) is 0 Å². The van der Waals surface area contributed by atoms with Crippen LogP contribution in [0, 0.1) is 0 Å². The fraction of sp³-hybridized carbons (Fsp3) is 0.200. The summed E-state index contributed by atoms with van der Waals surface area (Å²) in [5.41, 5.74) is 2.01. The van der Waals surface area contributed by atoms with E-state index < -0.39 is 0 Å². The van der Waals surface area contributed by atoms with Crippen molar-refractivity contribution in [2.24, 2.45) is 0 Å². The highest BCUT2D eigenvalue weighted by molar-refractivity contribution is 9.10. The fourth-order valence-electron chi connectivity index (χ4n) is 1.80. The predicted molar refractivity (Wildman–Crippen MR) is 78.6 cm³/mol. The number of pyridine rings is 1. The normalized spacial score (nSPS) is 11.9. The third-order valence-electron chi connectivity index (χ3n) is 2.84. The van der Waals surface area contributed by atoms with E-state index in [9.17, 15) is 4.79 Å². The van der Waals surface area contributed by atoms with Crippen molar-refractivity contribution in [2.75, 3.05) is 0 Å². The van der Waals surface area contributed by atoms with Crippen LogP contribution in [-0.2, 0) is 11.2 Å². The monoisotopic (exact) mass is 318 g/mol. The lowest BCUT2D eigenvalue weighted by Gasteiger charge is -2.13. The minimum Gasteiger partial charge on any atom is -0.349 e. The summed E-state index contributed by atoms with van der Waals surface area (Å²) in [4.78, 5) is 16.0. The number of aromatic nitrogens is 1. The van der Waals surface area contributed by atoms with E-state index in [1.54, 1.807) is 12.4 Å². The topological polar surface area (TPSA) is 42.0 Å². The largest absolute Gasteiger partial charge is 0.349 e. The first-order valence-corrected chi connectivity index (χ1v) is 6.88. The Balaban J connectivity index is 1.93. The highest BCUT2D eigenvalue weighted by atomic mass is 79.9. The third kappa shape index (κ3) is 4.17. The molecule has 1 aromatic carbocycles. The average Bonchev–Trinajstić information content (AvgIpc) is 2.42. The maximum atomic E-state index is 11.9. The fourth-order valence-corrected chi connectivity index (χ4v) is 2.06. The standard InChI is InChI=1S/C15H15BrN2O/c1-11(13-3-2-8-17-10-13)18-15(19)9-12-4-6-14(16)7-5-12/h2-8,10-11H,9H2,1H3,(H,18,19). The van der Waals surface area contributed by atoms with Gasteiger partial charge in [0, 0.05) is 16.9 Å². The Morgan fingerprint density at radius 2 is 2.05 bits per heavy atom. The summed E-state index contributed by atoms with van der Waals surface area (Å²) < 4.78 is 1.01. The Morgan fingerprint density at radius 3 is 2.68 bits per heavy atom. The third-order valence-corrected chi connectivity index (χ3v) is 3.37. The summed E-state index contributed by atoms with van der Waals surface area (Å²) >= 11 is 3.38. The molecule has 1 N–H and O–H groups in total. The molecule has 1 heterocycles. The zero-order chi connectivity index (χ0) is 13.7. The number of carbonyl (C=O) groups excluding carboxylic acids is 1. The number of hydrogen-bond acceptors (Lipinski definition) is 2. The van der Waals surface area contributed by atoms with Gasteiger partial charge in [0.1, 0.15) is 0 Å². The van der Waals surface area contributed by atoms with Gasteiger partial charge in [0.15, 0.2) is 0 Å². The number of nitrogens with one attached hydrogen (secondary N) is 1. The van der Waals surface area contributed by atoms with Gasteiger partial charge in [-0.15, -0.1) is 0 Å². The maximum absolute atomic E-state index is 11.9. The molecule has 2 aromatic rings. The van der Waals surface area contributed by atoms with E-state index in [0.717, 1.165) is 15.6 Å². The van der Waals surface area contributed by atoms with Crippen LogP contribution >= 0.6 is 15.9 Å². The van der Waals surface area contributed by atoms with Gasteiger partial charge >= 0.3 is 0 Å². The Hall–Kier alpha value is -1.68. The SMILES string of the molecule is CC(NC(=O)Cc1ccc(Br)cc1)c1cccnc1. The molecular weight excluding hydrogens is 304 g/mol. The summed E-state index contributed by atoms with van der Waals surface area (Å²) in [6.07, 6.45) is 3.88. The molecule has 1 unspecified atom stereocenters. The van der Waals surface area contributed by atoms with Crippen LogP contribution in [0.5, 0.6) is 0 Å². The summed E-state index contributed by atoms with van der Waals surface area (Å²) in [6.45, 7) is 1.95. The first kappa shape index (κ1) is 13.7. The molecule has 2 rings (SSSR count). The number of rotatable bonds is 4. The zero-order valence-electron chi connectivity index (χ0n) is 10.6. The number of halogens is 1. The summed E-state index contributed by atoms with van der Waals surface area (Å²) in [7, 11) is 0. The van der Waals surface area contributed by atoms with Crippen LogP contribution in [0.1, 0.15) is 24.1 Å². The smallest absolute Gasteiger partial charge is 0.224 e. The molecule has 0 aliphatic heterocycles. The van der Waals surface area contributed by atoms with Gasteiger partial charge < -0.3 is 5.32 Å². The number of hydrogen-bond donors (Lipinski definition) is 1. The first-order valence-electron chi connectivity index (χ1n) is 6.09. The highest BCUT2D eigenvalue weighted by Crippen LogP contribution is 2.12. The predicted octanol–water partition coefficient (Wildman–Crippen LogP) is 3.26. The molecule has 0 bridgehead atoms. The van der Waals surface area contributed by atoms with Crippen molar-refractivity contribution in [3.63, 3.8) is 0 Å². The minimum absolute atomic E-state index is 0.0127. The average molecular weight is 319 g/mol. The highest BCUT2D eigenvalue weighted by Gasteiger charge is 2.09. The van der Waals surface area contributed by atoms with Crippen molar-refractivity contribution < 1.29 is 4.79 Å². The van der Waals surface area contributed by atoms with Crippen molar-refractivity contribution in [2.45, 2.75) is 19.4 Å². The summed E-state index contributed by atoms with van der Waals surface area (Å²) in [5.74, 6) is 0.0127. The van der Waals surface area contributed by atoms with Gasteiger partial charge in [0.05, 0.1) is 12.5 Å². The molecule has 0 aliphatic carbocycles. The van der Waals surface area contributed by atoms with E-state index in [0.29, 0.717) is 6.42 Å². The molecule has 98 valence electrons. The minimum atomic E-state index is -0.0309.